The van der Waals surface area contributed by atoms with Gasteiger partial charge < -0.3 is 9.80 Å². The summed E-state index contributed by atoms with van der Waals surface area (Å²) in [7, 11) is 0. The lowest BCUT2D eigenvalue weighted by molar-refractivity contribution is 0.646. The van der Waals surface area contributed by atoms with Crippen molar-refractivity contribution in [3.63, 3.8) is 0 Å². The molecule has 118 valence electrons. The van der Waals surface area contributed by atoms with Crippen LogP contribution in [0.5, 0.6) is 0 Å². The highest BCUT2D eigenvalue weighted by Crippen LogP contribution is 2.35. The number of fused-ring (bicyclic) bond motifs is 1. The Morgan fingerprint density at radius 1 is 1.04 bits per heavy atom. The number of anilines is 2. The zero-order chi connectivity index (χ0) is 15.8. The molecule has 1 fully saturated rings. The van der Waals surface area contributed by atoms with E-state index in [1.807, 2.05) is 30.5 Å². The summed E-state index contributed by atoms with van der Waals surface area (Å²) in [5, 5.41) is 1.86. The summed E-state index contributed by atoms with van der Waals surface area (Å²) in [6, 6.07) is 10.0. The van der Waals surface area contributed by atoms with Crippen LogP contribution in [-0.2, 0) is 0 Å². The van der Waals surface area contributed by atoms with E-state index >= 15 is 0 Å². The smallest absolute Gasteiger partial charge is 0.186 e. The van der Waals surface area contributed by atoms with Crippen LogP contribution in [0.1, 0.15) is 5.56 Å². The van der Waals surface area contributed by atoms with Gasteiger partial charge in [-0.1, -0.05) is 35.1 Å². The van der Waals surface area contributed by atoms with Gasteiger partial charge in [0.2, 0.25) is 0 Å². The maximum Gasteiger partial charge on any atom is 0.186 e. The summed E-state index contributed by atoms with van der Waals surface area (Å²) < 4.78 is 1.09. The SMILES string of the molecule is Cc1ccc(Cl)c2sc(N3CCN(c4ccccn4)CC3)nc12. The fraction of sp³-hybridized carbons (Fsp3) is 0.294. The maximum absolute atomic E-state index is 6.32. The summed E-state index contributed by atoms with van der Waals surface area (Å²) in [4.78, 5) is 13.9. The van der Waals surface area contributed by atoms with Gasteiger partial charge in [0.1, 0.15) is 5.82 Å². The molecule has 6 heteroatoms. The number of aromatic nitrogens is 2. The van der Waals surface area contributed by atoms with E-state index in [0.717, 1.165) is 52.4 Å². The number of hydrogen-bond acceptors (Lipinski definition) is 5. The third-order valence-corrected chi connectivity index (χ3v) is 5.79. The first-order valence-electron chi connectivity index (χ1n) is 7.69. The fourth-order valence-electron chi connectivity index (χ4n) is 2.89. The summed E-state index contributed by atoms with van der Waals surface area (Å²) in [5.41, 5.74) is 2.21. The Morgan fingerprint density at radius 3 is 2.52 bits per heavy atom. The summed E-state index contributed by atoms with van der Waals surface area (Å²) in [6.07, 6.45) is 1.85. The third kappa shape index (κ3) is 2.75. The van der Waals surface area contributed by atoms with E-state index in [1.165, 1.54) is 5.56 Å². The standard InChI is InChI=1S/C17H17ClN4S/c1-12-5-6-13(18)16-15(12)20-17(23-16)22-10-8-21(9-11-22)14-4-2-3-7-19-14/h2-7H,8-11H2,1H3. The van der Waals surface area contributed by atoms with Crippen molar-refractivity contribution in [3.8, 4) is 0 Å². The lowest BCUT2D eigenvalue weighted by atomic mass is 10.2. The number of halogens is 1. The molecule has 1 aliphatic rings. The van der Waals surface area contributed by atoms with Gasteiger partial charge in [-0.05, 0) is 30.7 Å². The van der Waals surface area contributed by atoms with Gasteiger partial charge >= 0.3 is 0 Å². The third-order valence-electron chi connectivity index (χ3n) is 4.21. The molecule has 3 heterocycles. The van der Waals surface area contributed by atoms with Crippen LogP contribution in [0.3, 0.4) is 0 Å². The van der Waals surface area contributed by atoms with Crippen molar-refractivity contribution in [2.45, 2.75) is 6.92 Å². The molecule has 0 aliphatic carbocycles. The molecule has 1 saturated heterocycles. The van der Waals surface area contributed by atoms with Crippen LogP contribution >= 0.6 is 22.9 Å². The van der Waals surface area contributed by atoms with Gasteiger partial charge in [-0.3, -0.25) is 0 Å². The van der Waals surface area contributed by atoms with Crippen molar-refractivity contribution in [2.75, 3.05) is 36.0 Å². The molecule has 0 radical (unpaired) electrons. The number of pyridine rings is 1. The number of aryl methyl sites for hydroxylation is 1. The molecule has 0 amide bonds. The molecular formula is C17H17ClN4S. The number of piperazine rings is 1. The van der Waals surface area contributed by atoms with E-state index in [4.69, 9.17) is 16.6 Å². The second kappa shape index (κ2) is 5.98. The largest absolute Gasteiger partial charge is 0.353 e. The van der Waals surface area contributed by atoms with E-state index in [9.17, 15) is 0 Å². The second-order valence-electron chi connectivity index (χ2n) is 5.70. The second-order valence-corrected chi connectivity index (χ2v) is 7.09. The van der Waals surface area contributed by atoms with Gasteiger partial charge in [-0.15, -0.1) is 0 Å². The predicted molar refractivity (Wildman–Crippen MR) is 98.0 cm³/mol. The monoisotopic (exact) mass is 344 g/mol. The first-order chi connectivity index (χ1) is 11.2. The first-order valence-corrected chi connectivity index (χ1v) is 8.88. The van der Waals surface area contributed by atoms with Crippen molar-refractivity contribution < 1.29 is 0 Å². The Bertz CT molecular complexity index is 786. The van der Waals surface area contributed by atoms with Gasteiger partial charge in [0, 0.05) is 32.4 Å². The summed E-state index contributed by atoms with van der Waals surface area (Å²) in [5.74, 6) is 1.05. The summed E-state index contributed by atoms with van der Waals surface area (Å²) >= 11 is 8.01. The molecule has 23 heavy (non-hydrogen) atoms. The molecule has 4 nitrogen and oxygen atoms in total. The Kier molecular flexibility index (Phi) is 3.83. The van der Waals surface area contributed by atoms with Gasteiger partial charge in [-0.25, -0.2) is 9.97 Å². The minimum absolute atomic E-state index is 0.793. The van der Waals surface area contributed by atoms with Crippen molar-refractivity contribution in [1.82, 2.24) is 9.97 Å². The molecule has 0 saturated carbocycles. The van der Waals surface area contributed by atoms with E-state index in [-0.39, 0.29) is 0 Å². The van der Waals surface area contributed by atoms with Gasteiger partial charge in [0.15, 0.2) is 5.13 Å². The van der Waals surface area contributed by atoms with Crippen molar-refractivity contribution in [2.24, 2.45) is 0 Å². The number of thiazole rings is 1. The summed E-state index contributed by atoms with van der Waals surface area (Å²) in [6.45, 7) is 5.90. The fourth-order valence-corrected chi connectivity index (χ4v) is 4.26. The predicted octanol–water partition coefficient (Wildman–Crippen LogP) is 3.98. The number of nitrogens with zero attached hydrogens (tertiary/aromatic N) is 4. The average Bonchev–Trinajstić information content (AvgIpc) is 3.06. The topological polar surface area (TPSA) is 32.3 Å². The highest BCUT2D eigenvalue weighted by Gasteiger charge is 2.21. The van der Waals surface area contributed by atoms with E-state index in [0.29, 0.717) is 0 Å². The van der Waals surface area contributed by atoms with Crippen LogP contribution in [0.15, 0.2) is 36.5 Å². The van der Waals surface area contributed by atoms with Gasteiger partial charge in [0.25, 0.3) is 0 Å². The quantitative estimate of drug-likeness (QED) is 0.704. The Balaban J connectivity index is 1.55. The van der Waals surface area contributed by atoms with Crippen LogP contribution in [-0.4, -0.2) is 36.1 Å². The number of benzene rings is 1. The van der Waals surface area contributed by atoms with Crippen molar-refractivity contribution in [1.29, 1.82) is 0 Å². The van der Waals surface area contributed by atoms with Crippen molar-refractivity contribution in [3.05, 3.63) is 47.1 Å². The Morgan fingerprint density at radius 2 is 1.83 bits per heavy atom. The van der Waals surface area contributed by atoms with Crippen LogP contribution in [0.2, 0.25) is 5.02 Å². The molecule has 0 N–H and O–H groups in total. The van der Waals surface area contributed by atoms with Gasteiger partial charge in [-0.2, -0.15) is 0 Å². The normalized spacial score (nSPS) is 15.4. The molecule has 4 rings (SSSR count). The maximum atomic E-state index is 6.32. The molecule has 0 bridgehead atoms. The molecule has 1 aliphatic heterocycles. The van der Waals surface area contributed by atoms with E-state index in [1.54, 1.807) is 11.3 Å². The van der Waals surface area contributed by atoms with Crippen LogP contribution in [0.25, 0.3) is 10.2 Å². The van der Waals surface area contributed by atoms with Crippen molar-refractivity contribution >= 4 is 44.1 Å². The lowest BCUT2D eigenvalue weighted by Gasteiger charge is -2.35. The highest BCUT2D eigenvalue weighted by atomic mass is 35.5. The zero-order valence-corrected chi connectivity index (χ0v) is 14.4. The minimum atomic E-state index is 0.793. The van der Waals surface area contributed by atoms with Crippen LogP contribution < -0.4 is 9.80 Å². The zero-order valence-electron chi connectivity index (χ0n) is 12.9. The molecule has 0 spiro atoms. The number of hydrogen-bond donors (Lipinski definition) is 0. The number of rotatable bonds is 2. The highest BCUT2D eigenvalue weighted by molar-refractivity contribution is 7.22. The molecular weight excluding hydrogens is 328 g/mol. The lowest BCUT2D eigenvalue weighted by Crippen LogP contribution is -2.46. The molecule has 0 unspecified atom stereocenters. The molecule has 3 aromatic rings. The van der Waals surface area contributed by atoms with E-state index < -0.39 is 0 Å². The molecule has 0 atom stereocenters. The van der Waals surface area contributed by atoms with Crippen LogP contribution in [0.4, 0.5) is 10.9 Å². The van der Waals surface area contributed by atoms with Crippen LogP contribution in [0, 0.1) is 6.92 Å². The Labute approximate surface area is 144 Å². The van der Waals surface area contributed by atoms with Gasteiger partial charge in [0.05, 0.1) is 15.2 Å². The first kappa shape index (κ1) is 14.7. The average molecular weight is 345 g/mol. The van der Waals surface area contributed by atoms with E-state index in [2.05, 4.69) is 27.8 Å². The molecule has 1 aromatic carbocycles. The Hall–Kier alpha value is -1.85. The molecule has 2 aromatic heterocycles. The minimum Gasteiger partial charge on any atom is -0.353 e.